The zero-order valence-corrected chi connectivity index (χ0v) is 18.5. The predicted octanol–water partition coefficient (Wildman–Crippen LogP) is 7.67. The number of rotatable bonds is 0. The Kier molecular flexibility index (Phi) is 19.7. The van der Waals surface area contributed by atoms with Gasteiger partial charge >= 0.3 is 0 Å². The van der Waals surface area contributed by atoms with Gasteiger partial charge in [-0.15, -0.1) is 0 Å². The highest BCUT2D eigenvalue weighted by molar-refractivity contribution is 5.29. The summed E-state index contributed by atoms with van der Waals surface area (Å²) in [5.41, 5.74) is 5.02. The van der Waals surface area contributed by atoms with Gasteiger partial charge in [-0.25, -0.2) is 0 Å². The van der Waals surface area contributed by atoms with E-state index in [2.05, 4.69) is 48.1 Å². The van der Waals surface area contributed by atoms with Crippen molar-refractivity contribution >= 4 is 0 Å². The van der Waals surface area contributed by atoms with Crippen molar-refractivity contribution in [3.8, 4) is 0 Å². The Balaban J connectivity index is 0. The van der Waals surface area contributed by atoms with Crippen LogP contribution in [0.15, 0.2) is 84.2 Å². The fraction of sp³-hybridized carbons (Fsp3) is 0.360. The van der Waals surface area contributed by atoms with Crippen LogP contribution < -0.4 is 0 Å². The molecular weight excluding hydrogens is 328 g/mol. The summed E-state index contributed by atoms with van der Waals surface area (Å²) >= 11 is 0. The van der Waals surface area contributed by atoms with Crippen molar-refractivity contribution in [1.82, 2.24) is 9.97 Å². The van der Waals surface area contributed by atoms with E-state index < -0.39 is 0 Å². The molecule has 0 spiro atoms. The topological polar surface area (TPSA) is 25.8 Å². The number of allylic oxidation sites excluding steroid dienone is 6. The third-order valence-electron chi connectivity index (χ3n) is 3.32. The van der Waals surface area contributed by atoms with Gasteiger partial charge in [0.15, 0.2) is 0 Å². The third kappa shape index (κ3) is 16.7. The Labute approximate surface area is 167 Å². The first-order valence-corrected chi connectivity index (χ1v) is 9.84. The maximum absolute atomic E-state index is 3.98. The highest BCUT2D eigenvalue weighted by Gasteiger charge is 1.91. The van der Waals surface area contributed by atoms with E-state index in [-0.39, 0.29) is 0 Å². The van der Waals surface area contributed by atoms with E-state index in [1.807, 2.05) is 77.9 Å². The molecule has 3 rings (SSSR count). The van der Waals surface area contributed by atoms with E-state index in [1.165, 1.54) is 11.1 Å². The largest absolute Gasteiger partial charge is 0.262 e. The van der Waals surface area contributed by atoms with Gasteiger partial charge in [0.05, 0.1) is 0 Å². The molecule has 0 fully saturated rings. The lowest BCUT2D eigenvalue weighted by atomic mass is 10.1. The van der Waals surface area contributed by atoms with Crippen LogP contribution in [0.25, 0.3) is 0 Å². The molecule has 0 saturated heterocycles. The smallest absolute Gasteiger partial charge is 0.0372 e. The summed E-state index contributed by atoms with van der Waals surface area (Å²) in [6.45, 7) is 16.3. The van der Waals surface area contributed by atoms with Crippen LogP contribution in [0, 0.1) is 13.8 Å². The zero-order chi connectivity index (χ0) is 20.9. The Morgan fingerprint density at radius 3 is 1.48 bits per heavy atom. The molecule has 2 heterocycles. The van der Waals surface area contributed by atoms with Crippen molar-refractivity contribution in [1.29, 1.82) is 0 Å². The molecule has 0 amide bonds. The summed E-state index contributed by atoms with van der Waals surface area (Å²) < 4.78 is 0. The van der Waals surface area contributed by atoms with Crippen molar-refractivity contribution in [2.24, 2.45) is 0 Å². The van der Waals surface area contributed by atoms with Gasteiger partial charge < -0.3 is 0 Å². The molecule has 0 aromatic carbocycles. The van der Waals surface area contributed by atoms with Crippen LogP contribution in [-0.4, -0.2) is 9.97 Å². The molecule has 0 bridgehead atoms. The minimum Gasteiger partial charge on any atom is -0.262 e. The molecule has 148 valence electrons. The molecule has 2 aromatic rings. The molecule has 1 aliphatic carbocycles. The Bertz CT molecular complexity index is 601. The lowest BCUT2D eigenvalue weighted by Gasteiger charge is -1.95. The van der Waals surface area contributed by atoms with Gasteiger partial charge in [-0.1, -0.05) is 75.3 Å². The number of nitrogens with zero attached hydrogens (tertiary/aromatic N) is 2. The molecule has 2 nitrogen and oxygen atoms in total. The molecule has 2 heteroatoms. The van der Waals surface area contributed by atoms with E-state index in [1.54, 1.807) is 12.4 Å². The number of pyridine rings is 2. The Morgan fingerprint density at radius 1 is 0.667 bits per heavy atom. The number of aromatic nitrogens is 2. The molecule has 0 N–H and O–H groups in total. The van der Waals surface area contributed by atoms with Crippen molar-refractivity contribution in [2.45, 2.75) is 61.8 Å². The molecule has 0 aliphatic heterocycles. The van der Waals surface area contributed by atoms with Crippen LogP contribution in [0.5, 0.6) is 0 Å². The summed E-state index contributed by atoms with van der Waals surface area (Å²) in [5, 5.41) is 0. The van der Waals surface area contributed by atoms with Gasteiger partial charge in [0, 0.05) is 23.8 Å². The summed E-state index contributed by atoms with van der Waals surface area (Å²) in [6.07, 6.45) is 13.2. The van der Waals surface area contributed by atoms with Crippen LogP contribution in [0.2, 0.25) is 0 Å². The average Bonchev–Trinajstić information content (AvgIpc) is 2.91. The zero-order valence-electron chi connectivity index (χ0n) is 18.5. The van der Waals surface area contributed by atoms with Crippen LogP contribution in [0.3, 0.4) is 0 Å². The van der Waals surface area contributed by atoms with E-state index in [0.717, 1.165) is 17.8 Å². The first-order valence-electron chi connectivity index (χ1n) is 9.84. The maximum atomic E-state index is 3.98. The fourth-order valence-corrected chi connectivity index (χ4v) is 1.72. The second kappa shape index (κ2) is 19.8. The van der Waals surface area contributed by atoms with Crippen LogP contribution in [-0.2, 0) is 0 Å². The van der Waals surface area contributed by atoms with Crippen LogP contribution >= 0.6 is 0 Å². The molecule has 1 aliphatic rings. The van der Waals surface area contributed by atoms with Gasteiger partial charge in [0.1, 0.15) is 0 Å². The number of aryl methyl sites for hydroxylation is 2. The minimum atomic E-state index is 1.07. The number of hydrogen-bond donors (Lipinski definition) is 0. The second-order valence-electron chi connectivity index (χ2n) is 5.40. The first kappa shape index (κ1) is 26.7. The Morgan fingerprint density at radius 2 is 1.15 bits per heavy atom. The summed E-state index contributed by atoms with van der Waals surface area (Å²) in [7, 11) is 0. The molecule has 0 atom stereocenters. The third-order valence-corrected chi connectivity index (χ3v) is 3.32. The van der Waals surface area contributed by atoms with Crippen LogP contribution in [0.1, 0.15) is 59.4 Å². The highest BCUT2D eigenvalue weighted by Crippen LogP contribution is 2.12. The predicted molar refractivity (Wildman–Crippen MR) is 122 cm³/mol. The van der Waals surface area contributed by atoms with Gasteiger partial charge in [-0.05, 0) is 58.4 Å². The van der Waals surface area contributed by atoms with Gasteiger partial charge in [-0.2, -0.15) is 0 Å². The van der Waals surface area contributed by atoms with Gasteiger partial charge in [0.25, 0.3) is 0 Å². The standard InChI is InChI=1S/C9H12.2C6H7N.2C2H6/c1-8-6-4-3-5-7-9(8)2;2*1-6-4-2-3-5-7-6;2*1-2/h3-6H,7H2,1-2H3;2*2-5H,1H3;2*1-2H3. The summed E-state index contributed by atoms with van der Waals surface area (Å²) in [5.74, 6) is 0. The van der Waals surface area contributed by atoms with E-state index in [9.17, 15) is 0 Å². The quantitative estimate of drug-likeness (QED) is 0.478. The fourth-order valence-electron chi connectivity index (χ4n) is 1.72. The summed E-state index contributed by atoms with van der Waals surface area (Å²) in [6, 6.07) is 11.7. The van der Waals surface area contributed by atoms with Crippen molar-refractivity contribution in [2.75, 3.05) is 0 Å². The van der Waals surface area contributed by atoms with Crippen LogP contribution in [0.4, 0.5) is 0 Å². The molecule has 27 heavy (non-hydrogen) atoms. The monoisotopic (exact) mass is 366 g/mol. The molecule has 0 radical (unpaired) electrons. The Hall–Kier alpha value is -2.48. The first-order chi connectivity index (χ1) is 13.1. The molecule has 2 aromatic heterocycles. The van der Waals surface area contributed by atoms with Gasteiger partial charge in [-0.3, -0.25) is 9.97 Å². The minimum absolute atomic E-state index is 1.07. The normalized spacial score (nSPS) is 11.1. The average molecular weight is 367 g/mol. The lowest BCUT2D eigenvalue weighted by Crippen LogP contribution is -1.75. The van der Waals surface area contributed by atoms with Crippen molar-refractivity contribution < 1.29 is 0 Å². The maximum Gasteiger partial charge on any atom is 0.0372 e. The van der Waals surface area contributed by atoms with E-state index >= 15 is 0 Å². The molecule has 0 saturated carbocycles. The van der Waals surface area contributed by atoms with E-state index in [4.69, 9.17) is 0 Å². The SMILES string of the molecule is CC.CC.CC1=C(C)CC=CC=C1.Cc1ccccn1.Cc1ccccn1. The second-order valence-corrected chi connectivity index (χ2v) is 5.40. The molecule has 0 unspecified atom stereocenters. The van der Waals surface area contributed by atoms with Crippen molar-refractivity contribution in [3.63, 3.8) is 0 Å². The highest BCUT2D eigenvalue weighted by atomic mass is 14.6. The van der Waals surface area contributed by atoms with Gasteiger partial charge in [0.2, 0.25) is 0 Å². The lowest BCUT2D eigenvalue weighted by molar-refractivity contribution is 1.17. The van der Waals surface area contributed by atoms with Crippen molar-refractivity contribution in [3.05, 3.63) is 95.6 Å². The van der Waals surface area contributed by atoms with E-state index in [0.29, 0.717) is 0 Å². The summed E-state index contributed by atoms with van der Waals surface area (Å²) in [4.78, 5) is 7.96. The number of hydrogen-bond acceptors (Lipinski definition) is 2. The molecular formula is C25H38N2.